The average molecular weight is 455 g/mol. The first-order valence-electron chi connectivity index (χ1n) is 11.2. The van der Waals surface area contributed by atoms with Crippen LogP contribution in [0.1, 0.15) is 51.0 Å². The van der Waals surface area contributed by atoms with Gasteiger partial charge in [0.1, 0.15) is 0 Å². The highest BCUT2D eigenvalue weighted by molar-refractivity contribution is 7.92. The van der Waals surface area contributed by atoms with Crippen LogP contribution in [0.5, 0.6) is 0 Å². The van der Waals surface area contributed by atoms with E-state index in [2.05, 4.69) is 27.1 Å². The Bertz CT molecular complexity index is 1090. The predicted octanol–water partition coefficient (Wildman–Crippen LogP) is 4.99. The Labute approximate surface area is 189 Å². The van der Waals surface area contributed by atoms with E-state index in [0.29, 0.717) is 29.7 Å². The lowest BCUT2D eigenvalue weighted by Crippen LogP contribution is -2.29. The van der Waals surface area contributed by atoms with Gasteiger partial charge in [0.15, 0.2) is 0 Å². The Morgan fingerprint density at radius 2 is 1.81 bits per heavy atom. The molecule has 1 fully saturated rings. The van der Waals surface area contributed by atoms with Crippen molar-refractivity contribution in [3.63, 3.8) is 0 Å². The van der Waals surface area contributed by atoms with E-state index >= 15 is 0 Å². The summed E-state index contributed by atoms with van der Waals surface area (Å²) < 4.78 is 33.4. The third-order valence-electron chi connectivity index (χ3n) is 6.10. The minimum atomic E-state index is -3.72. The van der Waals surface area contributed by atoms with Crippen LogP contribution in [-0.2, 0) is 16.6 Å². The minimum Gasteiger partial charge on any atom is -0.342 e. The van der Waals surface area contributed by atoms with E-state index in [1.165, 1.54) is 44.9 Å². The largest absolute Gasteiger partial charge is 0.342 e. The van der Waals surface area contributed by atoms with Gasteiger partial charge < -0.3 is 9.84 Å². The first-order chi connectivity index (χ1) is 15.5. The monoisotopic (exact) mass is 454 g/mol. The van der Waals surface area contributed by atoms with Gasteiger partial charge in [-0.3, -0.25) is 4.72 Å². The van der Waals surface area contributed by atoms with Crippen LogP contribution >= 0.6 is 0 Å². The van der Waals surface area contributed by atoms with Crippen molar-refractivity contribution in [2.24, 2.45) is 5.92 Å². The maximum absolute atomic E-state index is 13.0. The number of para-hydroxylation sites is 1. The SMILES string of the molecule is C[C@@H](CC1CCCCC1)NCc1ccccc1NS(=O)(=O)c1ccc(-c2ncon2)cc1. The van der Waals surface area contributed by atoms with Crippen LogP contribution in [-0.4, -0.2) is 24.6 Å². The fourth-order valence-electron chi connectivity index (χ4n) is 4.35. The fourth-order valence-corrected chi connectivity index (χ4v) is 5.45. The Balaban J connectivity index is 1.40. The number of anilines is 1. The Kier molecular flexibility index (Phi) is 7.22. The van der Waals surface area contributed by atoms with Crippen LogP contribution < -0.4 is 10.0 Å². The first kappa shape index (κ1) is 22.5. The number of sulfonamides is 1. The third kappa shape index (κ3) is 5.75. The molecule has 1 heterocycles. The molecule has 0 radical (unpaired) electrons. The summed E-state index contributed by atoms with van der Waals surface area (Å²) in [5.74, 6) is 1.22. The molecule has 0 aliphatic heterocycles. The van der Waals surface area contributed by atoms with Crippen molar-refractivity contribution in [3.8, 4) is 11.4 Å². The van der Waals surface area contributed by atoms with Gasteiger partial charge in [0.2, 0.25) is 12.2 Å². The van der Waals surface area contributed by atoms with Crippen molar-refractivity contribution in [1.29, 1.82) is 0 Å². The Morgan fingerprint density at radius 1 is 1.06 bits per heavy atom. The predicted molar refractivity (Wildman–Crippen MR) is 124 cm³/mol. The topological polar surface area (TPSA) is 97.1 Å². The van der Waals surface area contributed by atoms with E-state index in [1.54, 1.807) is 30.3 Å². The van der Waals surface area contributed by atoms with Gasteiger partial charge in [0.05, 0.1) is 10.6 Å². The molecule has 1 aliphatic carbocycles. The summed E-state index contributed by atoms with van der Waals surface area (Å²) in [4.78, 5) is 4.16. The molecule has 2 aromatic carbocycles. The molecule has 8 heteroatoms. The highest BCUT2D eigenvalue weighted by Gasteiger charge is 2.18. The molecule has 1 atom stereocenters. The van der Waals surface area contributed by atoms with Gasteiger partial charge in [-0.25, -0.2) is 8.42 Å². The summed E-state index contributed by atoms with van der Waals surface area (Å²) in [6, 6.07) is 14.3. The zero-order valence-corrected chi connectivity index (χ0v) is 19.1. The van der Waals surface area contributed by atoms with Crippen molar-refractivity contribution in [2.75, 3.05) is 4.72 Å². The first-order valence-corrected chi connectivity index (χ1v) is 12.7. The summed E-state index contributed by atoms with van der Waals surface area (Å²) in [5, 5.41) is 7.35. The second-order valence-electron chi connectivity index (χ2n) is 8.56. The standard InChI is InChI=1S/C24H30N4O3S/c1-18(15-19-7-3-2-4-8-19)25-16-21-9-5-6-10-23(21)28-32(29,30)22-13-11-20(12-14-22)24-26-17-31-27-24/h5-6,9-14,17-19,25,28H,2-4,7-8,15-16H2,1H3/t18-/m0/s1. The lowest BCUT2D eigenvalue weighted by Gasteiger charge is -2.25. The van der Waals surface area contributed by atoms with Crippen molar-refractivity contribution in [1.82, 2.24) is 15.5 Å². The summed E-state index contributed by atoms with van der Waals surface area (Å²) >= 11 is 0. The van der Waals surface area contributed by atoms with E-state index < -0.39 is 10.0 Å². The zero-order chi connectivity index (χ0) is 22.4. The highest BCUT2D eigenvalue weighted by atomic mass is 32.2. The van der Waals surface area contributed by atoms with Crippen LogP contribution in [0.25, 0.3) is 11.4 Å². The number of aromatic nitrogens is 2. The molecule has 170 valence electrons. The smallest absolute Gasteiger partial charge is 0.261 e. The summed E-state index contributed by atoms with van der Waals surface area (Å²) in [6.45, 7) is 2.83. The van der Waals surface area contributed by atoms with Crippen molar-refractivity contribution in [3.05, 3.63) is 60.5 Å². The van der Waals surface area contributed by atoms with Gasteiger partial charge in [0.25, 0.3) is 10.0 Å². The van der Waals surface area contributed by atoms with Gasteiger partial charge >= 0.3 is 0 Å². The van der Waals surface area contributed by atoms with E-state index in [1.807, 2.05) is 18.2 Å². The van der Waals surface area contributed by atoms with Crippen molar-refractivity contribution in [2.45, 2.75) is 62.9 Å². The third-order valence-corrected chi connectivity index (χ3v) is 7.48. The lowest BCUT2D eigenvalue weighted by atomic mass is 9.85. The molecular weight excluding hydrogens is 424 g/mol. The van der Waals surface area contributed by atoms with E-state index in [4.69, 9.17) is 4.52 Å². The normalized spacial score (nSPS) is 16.0. The molecule has 0 spiro atoms. The molecular formula is C24H30N4O3S. The van der Waals surface area contributed by atoms with Crippen LogP contribution in [0.2, 0.25) is 0 Å². The number of hydrogen-bond acceptors (Lipinski definition) is 6. The molecule has 7 nitrogen and oxygen atoms in total. The Morgan fingerprint density at radius 3 is 2.53 bits per heavy atom. The molecule has 0 amide bonds. The van der Waals surface area contributed by atoms with E-state index in [0.717, 1.165) is 11.5 Å². The van der Waals surface area contributed by atoms with Crippen LogP contribution in [0, 0.1) is 5.92 Å². The molecule has 32 heavy (non-hydrogen) atoms. The fraction of sp³-hybridized carbons (Fsp3) is 0.417. The molecule has 3 aromatic rings. The van der Waals surface area contributed by atoms with Gasteiger partial charge in [-0.1, -0.05) is 55.5 Å². The molecule has 1 saturated carbocycles. The molecule has 2 N–H and O–H groups in total. The van der Waals surface area contributed by atoms with Crippen molar-refractivity contribution < 1.29 is 12.9 Å². The molecule has 0 bridgehead atoms. The summed E-state index contributed by atoms with van der Waals surface area (Å²) in [6.07, 6.45) is 9.12. The van der Waals surface area contributed by atoms with Crippen LogP contribution in [0.4, 0.5) is 5.69 Å². The molecule has 0 unspecified atom stereocenters. The lowest BCUT2D eigenvalue weighted by molar-refractivity contribution is 0.305. The number of hydrogen-bond donors (Lipinski definition) is 2. The average Bonchev–Trinajstić information content (AvgIpc) is 3.34. The summed E-state index contributed by atoms with van der Waals surface area (Å²) in [7, 11) is -3.72. The second-order valence-corrected chi connectivity index (χ2v) is 10.2. The highest BCUT2D eigenvalue weighted by Crippen LogP contribution is 2.28. The number of benzene rings is 2. The molecule has 1 aromatic heterocycles. The zero-order valence-electron chi connectivity index (χ0n) is 18.3. The van der Waals surface area contributed by atoms with Gasteiger partial charge in [-0.05, 0) is 55.2 Å². The van der Waals surface area contributed by atoms with Crippen LogP contribution in [0.15, 0.2) is 64.3 Å². The quantitative estimate of drug-likeness (QED) is 0.473. The van der Waals surface area contributed by atoms with E-state index in [-0.39, 0.29) is 4.90 Å². The number of nitrogens with one attached hydrogen (secondary N) is 2. The second kappa shape index (κ2) is 10.3. The number of nitrogens with zero attached hydrogens (tertiary/aromatic N) is 2. The van der Waals surface area contributed by atoms with Crippen molar-refractivity contribution >= 4 is 15.7 Å². The molecule has 1 aliphatic rings. The molecule has 4 rings (SSSR count). The Hall–Kier alpha value is -2.71. The van der Waals surface area contributed by atoms with Gasteiger partial charge in [-0.2, -0.15) is 4.98 Å². The van der Waals surface area contributed by atoms with E-state index in [9.17, 15) is 8.42 Å². The maximum atomic E-state index is 13.0. The molecule has 0 saturated heterocycles. The minimum absolute atomic E-state index is 0.179. The van der Waals surface area contributed by atoms with Gasteiger partial charge in [-0.15, -0.1) is 0 Å². The number of rotatable bonds is 9. The van der Waals surface area contributed by atoms with Gasteiger partial charge in [0, 0.05) is 18.2 Å². The maximum Gasteiger partial charge on any atom is 0.261 e. The van der Waals surface area contributed by atoms with Crippen LogP contribution in [0.3, 0.4) is 0 Å². The summed E-state index contributed by atoms with van der Waals surface area (Å²) in [5.41, 5.74) is 2.20.